The first kappa shape index (κ1) is 12.2. The van der Waals surface area contributed by atoms with E-state index in [1.807, 2.05) is 29.1 Å². The highest BCUT2D eigenvalue weighted by atomic mass is 19.1. The van der Waals surface area contributed by atoms with Crippen LogP contribution >= 0.6 is 0 Å². The molecule has 2 aromatic rings. The number of hydrogen-bond donors (Lipinski definition) is 2. The molecule has 0 aliphatic carbocycles. The zero-order valence-electron chi connectivity index (χ0n) is 9.77. The third-order valence-corrected chi connectivity index (χ3v) is 2.58. The van der Waals surface area contributed by atoms with Crippen molar-refractivity contribution < 1.29 is 9.18 Å². The number of nitrogens with zero attached hydrogens (tertiary/aromatic N) is 1. The molecule has 2 rings (SSSR count). The number of anilines is 1. The molecule has 0 saturated heterocycles. The lowest BCUT2D eigenvalue weighted by atomic mass is 10.1. The molecular formula is C13H14FN3O. The molecule has 1 heterocycles. The van der Waals surface area contributed by atoms with Crippen LogP contribution in [0.3, 0.4) is 0 Å². The minimum atomic E-state index is -0.472. The van der Waals surface area contributed by atoms with Crippen molar-refractivity contribution in [3.63, 3.8) is 0 Å². The van der Waals surface area contributed by atoms with Crippen LogP contribution < -0.4 is 11.1 Å². The van der Waals surface area contributed by atoms with Crippen molar-refractivity contribution in [3.8, 4) is 0 Å². The van der Waals surface area contributed by atoms with E-state index in [1.54, 1.807) is 0 Å². The summed E-state index contributed by atoms with van der Waals surface area (Å²) in [6.07, 6.45) is 3.81. The molecule has 1 aromatic heterocycles. The number of benzene rings is 1. The van der Waals surface area contributed by atoms with Crippen molar-refractivity contribution in [3.05, 3.63) is 54.1 Å². The smallest absolute Gasteiger partial charge is 0.253 e. The van der Waals surface area contributed by atoms with Gasteiger partial charge in [-0.3, -0.25) is 4.79 Å². The number of amides is 1. The molecule has 0 unspecified atom stereocenters. The molecule has 0 bridgehead atoms. The molecule has 1 aromatic carbocycles. The molecule has 0 spiro atoms. The number of aromatic nitrogens is 1. The van der Waals surface area contributed by atoms with E-state index in [0.29, 0.717) is 13.1 Å². The largest absolute Gasteiger partial charge is 0.398 e. The van der Waals surface area contributed by atoms with E-state index in [4.69, 9.17) is 5.73 Å². The Morgan fingerprint density at radius 2 is 2.06 bits per heavy atom. The number of nitrogens with one attached hydrogen (secondary N) is 1. The summed E-state index contributed by atoms with van der Waals surface area (Å²) in [5.74, 6) is -0.834. The Balaban J connectivity index is 1.93. The summed E-state index contributed by atoms with van der Waals surface area (Å²) in [5, 5.41) is 2.70. The standard InChI is InChI=1S/C13H14FN3O/c14-10-3-4-12(15)11(9-10)13(18)16-5-8-17-6-1-2-7-17/h1-4,6-7,9H,5,8,15H2,(H,16,18). The van der Waals surface area contributed by atoms with Crippen LogP contribution in [0.1, 0.15) is 10.4 Å². The van der Waals surface area contributed by atoms with Gasteiger partial charge < -0.3 is 15.6 Å². The first-order valence-electron chi connectivity index (χ1n) is 5.61. The van der Waals surface area contributed by atoms with Gasteiger partial charge in [0.05, 0.1) is 5.56 Å². The maximum absolute atomic E-state index is 13.0. The maximum Gasteiger partial charge on any atom is 0.253 e. The second-order valence-corrected chi connectivity index (χ2v) is 3.91. The van der Waals surface area contributed by atoms with Crippen LogP contribution in [0.2, 0.25) is 0 Å². The van der Waals surface area contributed by atoms with Crippen LogP contribution in [-0.4, -0.2) is 17.0 Å². The van der Waals surface area contributed by atoms with Gasteiger partial charge in [-0.15, -0.1) is 0 Å². The molecule has 0 aliphatic rings. The first-order valence-corrected chi connectivity index (χ1v) is 5.61. The summed E-state index contributed by atoms with van der Waals surface area (Å²) < 4.78 is 15.0. The first-order chi connectivity index (χ1) is 8.66. The van der Waals surface area contributed by atoms with E-state index < -0.39 is 5.82 Å². The predicted octanol–water partition coefficient (Wildman–Crippen LogP) is 1.64. The predicted molar refractivity (Wildman–Crippen MR) is 67.6 cm³/mol. The molecule has 5 heteroatoms. The molecule has 0 atom stereocenters. The van der Waals surface area contributed by atoms with Crippen molar-refractivity contribution in [2.75, 3.05) is 12.3 Å². The van der Waals surface area contributed by atoms with Crippen LogP contribution in [0.25, 0.3) is 0 Å². The van der Waals surface area contributed by atoms with Crippen LogP contribution in [0, 0.1) is 5.82 Å². The monoisotopic (exact) mass is 247 g/mol. The van der Waals surface area contributed by atoms with Crippen LogP contribution in [0.15, 0.2) is 42.7 Å². The molecule has 0 aliphatic heterocycles. The van der Waals surface area contributed by atoms with Gasteiger partial charge in [0, 0.05) is 31.2 Å². The average Bonchev–Trinajstić information content (AvgIpc) is 2.85. The Morgan fingerprint density at radius 1 is 1.33 bits per heavy atom. The SMILES string of the molecule is Nc1ccc(F)cc1C(=O)NCCn1cccc1. The lowest BCUT2D eigenvalue weighted by Gasteiger charge is -2.08. The van der Waals surface area contributed by atoms with Gasteiger partial charge in [0.2, 0.25) is 0 Å². The number of nitrogen functional groups attached to an aromatic ring is 1. The summed E-state index contributed by atoms with van der Waals surface area (Å²) >= 11 is 0. The summed E-state index contributed by atoms with van der Waals surface area (Å²) in [6.45, 7) is 1.12. The Hall–Kier alpha value is -2.30. The van der Waals surface area contributed by atoms with Crippen molar-refractivity contribution in [1.29, 1.82) is 0 Å². The molecular weight excluding hydrogens is 233 g/mol. The third kappa shape index (κ3) is 2.88. The topological polar surface area (TPSA) is 60.1 Å². The van der Waals surface area contributed by atoms with Gasteiger partial charge in [0.25, 0.3) is 5.91 Å². The quantitative estimate of drug-likeness (QED) is 0.807. The normalized spacial score (nSPS) is 10.3. The number of carbonyl (C=O) groups excluding carboxylic acids is 1. The molecule has 4 nitrogen and oxygen atoms in total. The van der Waals surface area contributed by atoms with Crippen LogP contribution in [-0.2, 0) is 6.54 Å². The highest BCUT2D eigenvalue weighted by Gasteiger charge is 2.09. The van der Waals surface area contributed by atoms with Gasteiger partial charge >= 0.3 is 0 Å². The number of nitrogens with two attached hydrogens (primary N) is 1. The van der Waals surface area contributed by atoms with Gasteiger partial charge in [-0.25, -0.2) is 4.39 Å². The van der Waals surface area contributed by atoms with Gasteiger partial charge in [-0.1, -0.05) is 0 Å². The van der Waals surface area contributed by atoms with Crippen LogP contribution in [0.4, 0.5) is 10.1 Å². The highest BCUT2D eigenvalue weighted by Crippen LogP contribution is 2.12. The number of hydrogen-bond acceptors (Lipinski definition) is 2. The number of halogens is 1. The van der Waals surface area contributed by atoms with E-state index in [1.165, 1.54) is 12.1 Å². The van der Waals surface area contributed by atoms with E-state index in [2.05, 4.69) is 5.32 Å². The summed E-state index contributed by atoms with van der Waals surface area (Å²) in [7, 11) is 0. The number of carbonyl (C=O) groups is 1. The van der Waals surface area contributed by atoms with Crippen molar-refractivity contribution in [2.24, 2.45) is 0 Å². The third-order valence-electron chi connectivity index (χ3n) is 2.58. The van der Waals surface area contributed by atoms with Crippen LogP contribution in [0.5, 0.6) is 0 Å². The molecule has 1 amide bonds. The van der Waals surface area contributed by atoms with Gasteiger partial charge in [0.15, 0.2) is 0 Å². The van der Waals surface area contributed by atoms with E-state index in [0.717, 1.165) is 6.07 Å². The van der Waals surface area contributed by atoms with E-state index in [9.17, 15) is 9.18 Å². The van der Waals surface area contributed by atoms with Crippen molar-refractivity contribution in [1.82, 2.24) is 9.88 Å². The summed E-state index contributed by atoms with van der Waals surface area (Å²) in [4.78, 5) is 11.8. The Kier molecular flexibility index (Phi) is 3.62. The van der Waals surface area contributed by atoms with Crippen molar-refractivity contribution >= 4 is 11.6 Å². The van der Waals surface area contributed by atoms with Gasteiger partial charge in [-0.05, 0) is 30.3 Å². The summed E-state index contributed by atoms with van der Waals surface area (Å²) in [5.41, 5.74) is 6.07. The lowest BCUT2D eigenvalue weighted by Crippen LogP contribution is -2.27. The minimum Gasteiger partial charge on any atom is -0.398 e. The van der Waals surface area contributed by atoms with Gasteiger partial charge in [0.1, 0.15) is 5.82 Å². The fraction of sp³-hybridized carbons (Fsp3) is 0.154. The Bertz CT molecular complexity index is 537. The van der Waals surface area contributed by atoms with E-state index >= 15 is 0 Å². The molecule has 3 N–H and O–H groups in total. The number of rotatable bonds is 4. The lowest BCUT2D eigenvalue weighted by molar-refractivity contribution is 0.0953. The summed E-state index contributed by atoms with van der Waals surface area (Å²) in [6, 6.07) is 7.57. The zero-order chi connectivity index (χ0) is 13.0. The zero-order valence-corrected chi connectivity index (χ0v) is 9.77. The molecule has 0 radical (unpaired) electrons. The molecule has 0 fully saturated rings. The molecule has 0 saturated carbocycles. The highest BCUT2D eigenvalue weighted by molar-refractivity contribution is 5.99. The van der Waals surface area contributed by atoms with E-state index in [-0.39, 0.29) is 17.2 Å². The molecule has 94 valence electrons. The minimum absolute atomic E-state index is 0.169. The fourth-order valence-corrected chi connectivity index (χ4v) is 1.64. The second-order valence-electron chi connectivity index (χ2n) is 3.91. The average molecular weight is 247 g/mol. The Labute approximate surface area is 104 Å². The molecule has 18 heavy (non-hydrogen) atoms. The second kappa shape index (κ2) is 5.35. The Morgan fingerprint density at radius 3 is 2.78 bits per heavy atom. The van der Waals surface area contributed by atoms with Gasteiger partial charge in [-0.2, -0.15) is 0 Å². The van der Waals surface area contributed by atoms with Crippen molar-refractivity contribution in [2.45, 2.75) is 6.54 Å². The maximum atomic E-state index is 13.0. The fourth-order valence-electron chi connectivity index (χ4n) is 1.64.